The lowest BCUT2D eigenvalue weighted by Crippen LogP contribution is -2.21. The molecule has 3 aromatic rings. The molecule has 1 aromatic heterocycles. The second-order valence-corrected chi connectivity index (χ2v) is 5.61. The largest absolute Gasteiger partial charge is 0.459 e. The van der Waals surface area contributed by atoms with Crippen LogP contribution in [0.1, 0.15) is 29.9 Å². The molecule has 1 atom stereocenters. The van der Waals surface area contributed by atoms with Gasteiger partial charge in [-0.25, -0.2) is 0 Å². The summed E-state index contributed by atoms with van der Waals surface area (Å²) >= 11 is 6.35. The third-order valence-electron chi connectivity index (χ3n) is 3.60. The van der Waals surface area contributed by atoms with Gasteiger partial charge in [-0.2, -0.15) is 0 Å². The number of hydrogen-bond acceptors (Lipinski definition) is 2. The molecular formula is C18H18ClNO. The van der Waals surface area contributed by atoms with Gasteiger partial charge in [0.05, 0.1) is 6.04 Å². The van der Waals surface area contributed by atoms with Crippen LogP contribution in [0.25, 0.3) is 11.0 Å². The van der Waals surface area contributed by atoms with E-state index in [0.29, 0.717) is 0 Å². The van der Waals surface area contributed by atoms with E-state index < -0.39 is 0 Å². The molecule has 0 aliphatic rings. The fraction of sp³-hybridized carbons (Fsp3) is 0.222. The Morgan fingerprint density at radius 3 is 2.71 bits per heavy atom. The van der Waals surface area contributed by atoms with E-state index >= 15 is 0 Å². The SMILES string of the molecule is CCNC(c1cc2cc(C)ccc2o1)c1ccccc1Cl. The number of furan rings is 1. The van der Waals surface area contributed by atoms with Gasteiger partial charge in [-0.05, 0) is 43.3 Å². The van der Waals surface area contributed by atoms with Crippen LogP contribution >= 0.6 is 11.6 Å². The van der Waals surface area contributed by atoms with Gasteiger partial charge in [0.25, 0.3) is 0 Å². The predicted octanol–water partition coefficient (Wildman–Crippen LogP) is 5.09. The van der Waals surface area contributed by atoms with Gasteiger partial charge in [-0.1, -0.05) is 48.4 Å². The van der Waals surface area contributed by atoms with Crippen LogP contribution in [0.5, 0.6) is 0 Å². The molecule has 1 unspecified atom stereocenters. The van der Waals surface area contributed by atoms with Gasteiger partial charge in [0, 0.05) is 10.4 Å². The number of fused-ring (bicyclic) bond motifs is 1. The average molecular weight is 300 g/mol. The van der Waals surface area contributed by atoms with Crippen molar-refractivity contribution < 1.29 is 4.42 Å². The molecule has 3 heteroatoms. The summed E-state index contributed by atoms with van der Waals surface area (Å²) in [5.74, 6) is 0.894. The van der Waals surface area contributed by atoms with E-state index in [4.69, 9.17) is 16.0 Å². The van der Waals surface area contributed by atoms with Crippen LogP contribution in [-0.2, 0) is 0 Å². The first-order valence-electron chi connectivity index (χ1n) is 7.17. The summed E-state index contributed by atoms with van der Waals surface area (Å²) < 4.78 is 6.03. The number of nitrogens with one attached hydrogen (secondary N) is 1. The Kier molecular flexibility index (Phi) is 4.00. The van der Waals surface area contributed by atoms with Gasteiger partial charge < -0.3 is 9.73 Å². The fourth-order valence-electron chi connectivity index (χ4n) is 2.60. The number of hydrogen-bond donors (Lipinski definition) is 1. The zero-order chi connectivity index (χ0) is 14.8. The molecule has 21 heavy (non-hydrogen) atoms. The Labute approximate surface area is 129 Å². The first-order chi connectivity index (χ1) is 10.2. The van der Waals surface area contributed by atoms with Crippen LogP contribution in [-0.4, -0.2) is 6.54 Å². The van der Waals surface area contributed by atoms with Crippen LogP contribution in [0.15, 0.2) is 52.9 Å². The predicted molar refractivity (Wildman–Crippen MR) is 87.9 cm³/mol. The topological polar surface area (TPSA) is 25.2 Å². The smallest absolute Gasteiger partial charge is 0.134 e. The van der Waals surface area contributed by atoms with Crippen LogP contribution in [0, 0.1) is 6.92 Å². The van der Waals surface area contributed by atoms with Crippen LogP contribution < -0.4 is 5.32 Å². The van der Waals surface area contributed by atoms with Gasteiger partial charge in [0.2, 0.25) is 0 Å². The first kappa shape index (κ1) is 14.2. The van der Waals surface area contributed by atoms with E-state index in [2.05, 4.69) is 37.4 Å². The van der Waals surface area contributed by atoms with Gasteiger partial charge in [0.15, 0.2) is 0 Å². The number of aryl methyl sites for hydroxylation is 1. The van der Waals surface area contributed by atoms with Crippen molar-refractivity contribution in [3.8, 4) is 0 Å². The van der Waals surface area contributed by atoms with Crippen LogP contribution in [0.3, 0.4) is 0 Å². The molecule has 0 saturated heterocycles. The summed E-state index contributed by atoms with van der Waals surface area (Å²) in [6.07, 6.45) is 0. The van der Waals surface area contributed by atoms with Crippen molar-refractivity contribution in [2.75, 3.05) is 6.54 Å². The maximum Gasteiger partial charge on any atom is 0.134 e. The summed E-state index contributed by atoms with van der Waals surface area (Å²) in [7, 11) is 0. The zero-order valence-corrected chi connectivity index (χ0v) is 12.9. The van der Waals surface area contributed by atoms with Gasteiger partial charge in [-0.3, -0.25) is 0 Å². The summed E-state index contributed by atoms with van der Waals surface area (Å²) in [5.41, 5.74) is 3.18. The summed E-state index contributed by atoms with van der Waals surface area (Å²) in [4.78, 5) is 0. The molecule has 2 aromatic carbocycles. The molecule has 108 valence electrons. The normalized spacial score (nSPS) is 12.7. The quantitative estimate of drug-likeness (QED) is 0.725. The van der Waals surface area contributed by atoms with E-state index in [0.717, 1.165) is 33.9 Å². The minimum Gasteiger partial charge on any atom is -0.459 e. The zero-order valence-electron chi connectivity index (χ0n) is 12.2. The molecular weight excluding hydrogens is 282 g/mol. The summed E-state index contributed by atoms with van der Waals surface area (Å²) in [6.45, 7) is 5.00. The Hall–Kier alpha value is -1.77. The number of benzene rings is 2. The third-order valence-corrected chi connectivity index (χ3v) is 3.94. The number of halogens is 1. The molecule has 0 saturated carbocycles. The first-order valence-corrected chi connectivity index (χ1v) is 7.54. The highest BCUT2D eigenvalue weighted by Crippen LogP contribution is 2.32. The van der Waals surface area contributed by atoms with Crippen LogP contribution in [0.2, 0.25) is 5.02 Å². The highest BCUT2D eigenvalue weighted by atomic mass is 35.5. The van der Waals surface area contributed by atoms with Crippen molar-refractivity contribution in [3.63, 3.8) is 0 Å². The fourth-order valence-corrected chi connectivity index (χ4v) is 2.85. The molecule has 1 N–H and O–H groups in total. The molecule has 1 heterocycles. The maximum absolute atomic E-state index is 6.35. The summed E-state index contributed by atoms with van der Waals surface area (Å²) in [6, 6.07) is 16.2. The van der Waals surface area contributed by atoms with E-state index in [1.165, 1.54) is 5.56 Å². The van der Waals surface area contributed by atoms with Crippen molar-refractivity contribution in [2.24, 2.45) is 0 Å². The standard InChI is InChI=1S/C18H18ClNO/c1-3-20-18(14-6-4-5-7-15(14)19)17-11-13-10-12(2)8-9-16(13)21-17/h4-11,18,20H,3H2,1-2H3. The third kappa shape index (κ3) is 2.82. The average Bonchev–Trinajstić information content (AvgIpc) is 2.88. The highest BCUT2D eigenvalue weighted by Gasteiger charge is 2.19. The van der Waals surface area contributed by atoms with Crippen molar-refractivity contribution in [2.45, 2.75) is 19.9 Å². The monoisotopic (exact) mass is 299 g/mol. The molecule has 0 radical (unpaired) electrons. The molecule has 0 bridgehead atoms. The molecule has 0 aliphatic heterocycles. The van der Waals surface area contributed by atoms with Gasteiger partial charge >= 0.3 is 0 Å². The second-order valence-electron chi connectivity index (χ2n) is 5.20. The molecule has 3 rings (SSSR count). The molecule has 0 spiro atoms. The lowest BCUT2D eigenvalue weighted by Gasteiger charge is -2.17. The van der Waals surface area contributed by atoms with Gasteiger partial charge in [0.1, 0.15) is 11.3 Å². The molecule has 2 nitrogen and oxygen atoms in total. The Morgan fingerprint density at radius 1 is 1.14 bits per heavy atom. The Morgan fingerprint density at radius 2 is 1.95 bits per heavy atom. The Bertz CT molecular complexity index is 763. The van der Waals surface area contributed by atoms with Crippen molar-refractivity contribution >= 4 is 22.6 Å². The van der Waals surface area contributed by atoms with Crippen molar-refractivity contribution in [1.29, 1.82) is 0 Å². The minimum atomic E-state index is -0.0311. The molecule has 0 aliphatic carbocycles. The summed E-state index contributed by atoms with van der Waals surface area (Å²) in [5, 5.41) is 5.33. The van der Waals surface area contributed by atoms with Crippen molar-refractivity contribution in [3.05, 3.63) is 70.4 Å². The van der Waals surface area contributed by atoms with E-state index in [1.807, 2.05) is 30.3 Å². The van der Waals surface area contributed by atoms with Gasteiger partial charge in [-0.15, -0.1) is 0 Å². The maximum atomic E-state index is 6.35. The van der Waals surface area contributed by atoms with E-state index in [-0.39, 0.29) is 6.04 Å². The molecule has 0 amide bonds. The van der Waals surface area contributed by atoms with E-state index in [9.17, 15) is 0 Å². The lowest BCUT2D eigenvalue weighted by molar-refractivity contribution is 0.477. The van der Waals surface area contributed by atoms with Crippen LogP contribution in [0.4, 0.5) is 0 Å². The lowest BCUT2D eigenvalue weighted by atomic mass is 10.0. The minimum absolute atomic E-state index is 0.0311. The molecule has 0 fully saturated rings. The Balaban J connectivity index is 2.09. The van der Waals surface area contributed by atoms with E-state index in [1.54, 1.807) is 0 Å². The highest BCUT2D eigenvalue weighted by molar-refractivity contribution is 6.31. The van der Waals surface area contributed by atoms with Crippen molar-refractivity contribution in [1.82, 2.24) is 5.32 Å². The second kappa shape index (κ2) is 5.92. The number of rotatable bonds is 4.